The molecule has 0 aromatic carbocycles. The van der Waals surface area contributed by atoms with E-state index < -0.39 is 0 Å². The summed E-state index contributed by atoms with van der Waals surface area (Å²) in [5.41, 5.74) is 0. The Kier molecular flexibility index (Phi) is 2.14. The van der Waals surface area contributed by atoms with Crippen LogP contribution in [0.1, 0.15) is 0 Å². The third-order valence-corrected chi connectivity index (χ3v) is 0. The van der Waals surface area contributed by atoms with E-state index in [1.54, 1.807) is 0 Å². The molecule has 0 heterocycles. The van der Waals surface area contributed by atoms with Crippen LogP contribution in [0.5, 0.6) is 0 Å². The first kappa shape index (κ1) is 4.59. The molecule has 0 N–H and O–H groups in total. The summed E-state index contributed by atoms with van der Waals surface area (Å²) in [4.78, 5) is 0. The van der Waals surface area contributed by atoms with E-state index in [-0.39, 0.29) is 0 Å². The van der Waals surface area contributed by atoms with Gasteiger partial charge in [-0.3, -0.25) is 0 Å². The molecule has 0 rings (SSSR count). The summed E-state index contributed by atoms with van der Waals surface area (Å²) in [6.07, 6.45) is 0. The third-order valence-electron chi connectivity index (χ3n) is 0. The molecule has 24 valence electrons. The van der Waals surface area contributed by atoms with E-state index in [9.17, 15) is 0 Å². The Morgan fingerprint density at radius 2 is 2.00 bits per heavy atom. The third kappa shape index (κ3) is 18.9. The molecular weight excluding hydrogens is 134 g/mol. The first-order valence-electron chi connectivity index (χ1n) is 0.831. The van der Waals surface area contributed by atoms with Crippen molar-refractivity contribution in [3.63, 3.8) is 0 Å². The zero-order valence-electron chi connectivity index (χ0n) is 2.16. The van der Waals surface area contributed by atoms with E-state index in [1.165, 1.54) is 16.9 Å². The first-order chi connectivity index (χ1) is 1.73. The predicted molar refractivity (Wildman–Crippen MR) is 23.5 cm³/mol. The molecule has 0 saturated heterocycles. The molecule has 2 heteroatoms. The summed E-state index contributed by atoms with van der Waals surface area (Å²) in [6, 6.07) is 0. The van der Waals surface area contributed by atoms with Gasteiger partial charge >= 0.3 is 38.9 Å². The van der Waals surface area contributed by atoms with Gasteiger partial charge in [-0.1, -0.05) is 0 Å². The predicted octanol–water partition coefficient (Wildman–Crippen LogP) is 0.329. The molecule has 0 aliphatic rings. The van der Waals surface area contributed by atoms with Crippen LogP contribution in [0.3, 0.4) is 0 Å². The summed E-state index contributed by atoms with van der Waals surface area (Å²) in [5, 5.41) is 0. The molecule has 0 aliphatic heterocycles. The van der Waals surface area contributed by atoms with Crippen molar-refractivity contribution in [3.8, 4) is 0 Å². The zero-order valence-corrected chi connectivity index (χ0v) is 5.34. The molecule has 0 saturated carbocycles. The first-order valence-corrected chi connectivity index (χ1v) is 2.42. The number of hydrogen-bond acceptors (Lipinski definition) is 0. The van der Waals surface area contributed by atoms with E-state index >= 15 is 0 Å². The van der Waals surface area contributed by atoms with Crippen LogP contribution in [0.15, 0.2) is 10.4 Å². The molecule has 1 unspecified atom stereocenters. The summed E-state index contributed by atoms with van der Waals surface area (Å²) < 4.78 is 0.701. The molecule has 0 fully saturated rings. The SMILES string of the molecule is C=C(Cl)[AsH2]. The van der Waals surface area contributed by atoms with Crippen LogP contribution >= 0.6 is 11.6 Å². The topological polar surface area (TPSA) is 0 Å². The van der Waals surface area contributed by atoms with Gasteiger partial charge in [0, 0.05) is 0 Å². The molecule has 0 aromatic rings. The van der Waals surface area contributed by atoms with Gasteiger partial charge in [0.15, 0.2) is 0 Å². The van der Waals surface area contributed by atoms with Crippen molar-refractivity contribution in [2.24, 2.45) is 0 Å². The number of hydrogen-bond donors (Lipinski definition) is 0. The van der Waals surface area contributed by atoms with Crippen molar-refractivity contribution >= 4 is 28.5 Å². The molecule has 0 radical (unpaired) electrons. The average Bonchev–Trinajstić information content (AvgIpc) is 0.811. The minimum absolute atomic E-state index is 0.701. The Hall–Kier alpha value is 0.588. The fraction of sp³-hybridized carbons (Fsp3) is 0. The van der Waals surface area contributed by atoms with Crippen LogP contribution in [0.25, 0.3) is 0 Å². The summed E-state index contributed by atoms with van der Waals surface area (Å²) in [7, 11) is 0. The molecule has 0 aromatic heterocycles. The Bertz CT molecular complexity index is 29.0. The van der Waals surface area contributed by atoms with E-state index in [2.05, 4.69) is 6.58 Å². The van der Waals surface area contributed by atoms with Crippen LogP contribution < -0.4 is 0 Å². The van der Waals surface area contributed by atoms with Gasteiger partial charge in [0.25, 0.3) is 0 Å². The van der Waals surface area contributed by atoms with Crippen LogP contribution in [0.2, 0.25) is 0 Å². The van der Waals surface area contributed by atoms with Gasteiger partial charge < -0.3 is 0 Å². The van der Waals surface area contributed by atoms with Gasteiger partial charge in [0.05, 0.1) is 0 Å². The van der Waals surface area contributed by atoms with Crippen LogP contribution in [0, 0.1) is 0 Å². The second-order valence-corrected chi connectivity index (χ2v) is 3.16. The van der Waals surface area contributed by atoms with E-state index in [0.29, 0.717) is 3.82 Å². The van der Waals surface area contributed by atoms with Crippen LogP contribution in [0.4, 0.5) is 0 Å². The molecule has 1 atom stereocenters. The monoisotopic (exact) mass is 138 g/mol. The minimum atomic E-state index is 0.701. The van der Waals surface area contributed by atoms with Crippen LogP contribution in [-0.4, -0.2) is 16.9 Å². The Balaban J connectivity index is 2.80. The quantitative estimate of drug-likeness (QED) is 0.423. The molecule has 0 spiro atoms. The normalized spacial score (nSPS) is 6.50. The molecule has 0 nitrogen and oxygen atoms in total. The molecule has 4 heavy (non-hydrogen) atoms. The Morgan fingerprint density at radius 3 is 2.00 bits per heavy atom. The van der Waals surface area contributed by atoms with Crippen molar-refractivity contribution in [2.75, 3.05) is 0 Å². The number of rotatable bonds is 0. The molecule has 0 aliphatic carbocycles. The van der Waals surface area contributed by atoms with Gasteiger partial charge in [-0.2, -0.15) is 0 Å². The fourth-order valence-electron chi connectivity index (χ4n) is 0. The Labute approximate surface area is 39.3 Å². The maximum atomic E-state index is 5.11. The standard InChI is InChI=1S/C2H4AsCl/c1-2(3)4/h1,3H2. The van der Waals surface area contributed by atoms with Crippen molar-refractivity contribution in [1.82, 2.24) is 0 Å². The summed E-state index contributed by atoms with van der Waals surface area (Å²) in [6.45, 7) is 3.35. The van der Waals surface area contributed by atoms with Gasteiger partial charge in [-0.05, 0) is 0 Å². The maximum absolute atomic E-state index is 5.11. The van der Waals surface area contributed by atoms with Crippen LogP contribution in [-0.2, 0) is 0 Å². The molecule has 0 bridgehead atoms. The van der Waals surface area contributed by atoms with Crippen molar-refractivity contribution in [3.05, 3.63) is 10.4 Å². The van der Waals surface area contributed by atoms with Crippen molar-refractivity contribution in [2.45, 2.75) is 0 Å². The molecule has 0 amide bonds. The van der Waals surface area contributed by atoms with Gasteiger partial charge in [0.1, 0.15) is 0 Å². The van der Waals surface area contributed by atoms with E-state index in [4.69, 9.17) is 11.6 Å². The van der Waals surface area contributed by atoms with Crippen molar-refractivity contribution in [1.29, 1.82) is 0 Å². The Morgan fingerprint density at radius 1 is 2.00 bits per heavy atom. The second kappa shape index (κ2) is 1.87. The zero-order chi connectivity index (χ0) is 3.58. The average molecular weight is 138 g/mol. The fourth-order valence-corrected chi connectivity index (χ4v) is 0. The van der Waals surface area contributed by atoms with E-state index in [0.717, 1.165) is 0 Å². The summed E-state index contributed by atoms with van der Waals surface area (Å²) in [5.74, 6) is 0. The van der Waals surface area contributed by atoms with E-state index in [1.807, 2.05) is 0 Å². The number of halogens is 1. The van der Waals surface area contributed by atoms with Gasteiger partial charge in [0.2, 0.25) is 0 Å². The second-order valence-electron chi connectivity index (χ2n) is 0.447. The molecular formula is C2H4AsCl. The van der Waals surface area contributed by atoms with Gasteiger partial charge in [-0.25, -0.2) is 0 Å². The van der Waals surface area contributed by atoms with Crippen molar-refractivity contribution < 1.29 is 0 Å². The summed E-state index contributed by atoms with van der Waals surface area (Å²) >= 11 is 6.48. The van der Waals surface area contributed by atoms with Gasteiger partial charge in [-0.15, -0.1) is 0 Å².